The Morgan fingerprint density at radius 2 is 2.06 bits per heavy atom. The lowest BCUT2D eigenvalue weighted by molar-refractivity contribution is 0.200. The lowest BCUT2D eigenvalue weighted by Crippen LogP contribution is -2.13. The largest absolute Gasteiger partial charge is 0.487 e. The van der Waals surface area contributed by atoms with Crippen molar-refractivity contribution in [2.75, 3.05) is 0 Å². The number of rotatable bonds is 3. The normalized spacial score (nSPS) is 18.7. The highest BCUT2D eigenvalue weighted by Crippen LogP contribution is 2.27. The minimum Gasteiger partial charge on any atom is -0.487 e. The average molecular weight is 223 g/mol. The van der Waals surface area contributed by atoms with Crippen LogP contribution in [0.25, 0.3) is 0 Å². The van der Waals surface area contributed by atoms with E-state index in [0.29, 0.717) is 5.75 Å². The Morgan fingerprint density at radius 3 is 2.69 bits per heavy atom. The van der Waals surface area contributed by atoms with Crippen molar-refractivity contribution in [3.63, 3.8) is 0 Å². The Bertz CT molecular complexity index is 359. The number of hydrogen-bond acceptors (Lipinski definition) is 2. The Labute approximate surface area is 95.6 Å². The van der Waals surface area contributed by atoms with E-state index in [1.165, 1.54) is 18.9 Å². The van der Waals surface area contributed by atoms with E-state index in [2.05, 4.69) is 0 Å². The minimum atomic E-state index is -0.295. The van der Waals surface area contributed by atoms with Gasteiger partial charge in [-0.25, -0.2) is 4.39 Å². The van der Waals surface area contributed by atoms with Gasteiger partial charge in [0.25, 0.3) is 0 Å². The highest BCUT2D eigenvalue weighted by atomic mass is 19.1. The fourth-order valence-corrected chi connectivity index (χ4v) is 2.08. The first-order valence-electron chi connectivity index (χ1n) is 5.88. The van der Waals surface area contributed by atoms with Crippen LogP contribution in [0.4, 0.5) is 4.39 Å². The molecule has 2 nitrogen and oxygen atoms in total. The number of halogens is 1. The van der Waals surface area contributed by atoms with Crippen LogP contribution >= 0.6 is 0 Å². The van der Waals surface area contributed by atoms with E-state index < -0.39 is 0 Å². The van der Waals surface area contributed by atoms with Gasteiger partial charge in [0.15, 0.2) is 11.6 Å². The van der Waals surface area contributed by atoms with Crippen molar-refractivity contribution in [3.8, 4) is 5.75 Å². The Morgan fingerprint density at radius 1 is 1.38 bits per heavy atom. The summed E-state index contributed by atoms with van der Waals surface area (Å²) in [7, 11) is 0. The zero-order valence-corrected chi connectivity index (χ0v) is 9.58. The highest BCUT2D eigenvalue weighted by Gasteiger charge is 2.18. The summed E-state index contributed by atoms with van der Waals surface area (Å²) < 4.78 is 19.2. The summed E-state index contributed by atoms with van der Waals surface area (Å²) >= 11 is 0. The zero-order chi connectivity index (χ0) is 11.5. The van der Waals surface area contributed by atoms with Gasteiger partial charge in [-0.3, -0.25) is 0 Å². The zero-order valence-electron chi connectivity index (χ0n) is 9.58. The molecule has 88 valence electrons. The maximum atomic E-state index is 13.5. The molecule has 3 heteroatoms. The molecule has 0 amide bonds. The molecule has 0 aliphatic heterocycles. The second-order valence-corrected chi connectivity index (χ2v) is 4.50. The summed E-state index contributed by atoms with van der Waals surface area (Å²) in [5.41, 5.74) is 6.67. The first kappa shape index (κ1) is 11.4. The second kappa shape index (κ2) is 4.83. The molecule has 0 aromatic heterocycles. The van der Waals surface area contributed by atoms with Gasteiger partial charge < -0.3 is 10.5 Å². The predicted molar refractivity (Wildman–Crippen MR) is 61.9 cm³/mol. The predicted octanol–water partition coefficient (Wildman–Crippen LogP) is 3.17. The van der Waals surface area contributed by atoms with Gasteiger partial charge in [0.05, 0.1) is 6.10 Å². The van der Waals surface area contributed by atoms with E-state index in [0.717, 1.165) is 18.4 Å². The third-order valence-corrected chi connectivity index (χ3v) is 3.08. The van der Waals surface area contributed by atoms with E-state index in [1.54, 1.807) is 12.1 Å². The molecule has 0 radical (unpaired) electrons. The summed E-state index contributed by atoms with van der Waals surface area (Å²) in [6.45, 7) is 1.88. The average Bonchev–Trinajstić information content (AvgIpc) is 2.73. The summed E-state index contributed by atoms with van der Waals surface area (Å²) in [6.07, 6.45) is 4.60. The highest BCUT2D eigenvalue weighted by molar-refractivity contribution is 5.32. The molecule has 0 unspecified atom stereocenters. The monoisotopic (exact) mass is 223 g/mol. The van der Waals surface area contributed by atoms with Crippen LogP contribution in [0.3, 0.4) is 0 Å². The second-order valence-electron chi connectivity index (χ2n) is 4.50. The number of hydrogen-bond donors (Lipinski definition) is 1. The molecule has 1 aromatic carbocycles. The van der Waals surface area contributed by atoms with Crippen LogP contribution in [0, 0.1) is 5.82 Å². The lowest BCUT2D eigenvalue weighted by atomic mass is 10.1. The summed E-state index contributed by atoms with van der Waals surface area (Å²) in [5.74, 6) is 0.0537. The number of ether oxygens (including phenoxy) is 1. The van der Waals surface area contributed by atoms with Crippen molar-refractivity contribution < 1.29 is 9.13 Å². The maximum Gasteiger partial charge on any atom is 0.165 e. The molecular formula is C13H18FNO. The van der Waals surface area contributed by atoms with E-state index in [4.69, 9.17) is 10.5 Å². The van der Waals surface area contributed by atoms with Crippen LogP contribution in [-0.2, 0) is 0 Å². The topological polar surface area (TPSA) is 35.2 Å². The van der Waals surface area contributed by atoms with Crippen molar-refractivity contribution in [1.29, 1.82) is 0 Å². The van der Waals surface area contributed by atoms with E-state index in [9.17, 15) is 4.39 Å². The molecule has 2 rings (SSSR count). The van der Waals surface area contributed by atoms with Gasteiger partial charge in [0.2, 0.25) is 0 Å². The van der Waals surface area contributed by atoms with Gasteiger partial charge in [-0.1, -0.05) is 6.07 Å². The van der Waals surface area contributed by atoms with Gasteiger partial charge >= 0.3 is 0 Å². The van der Waals surface area contributed by atoms with Crippen molar-refractivity contribution in [2.45, 2.75) is 44.8 Å². The molecule has 1 aliphatic rings. The van der Waals surface area contributed by atoms with E-state index in [1.807, 2.05) is 6.92 Å². The molecular weight excluding hydrogens is 205 g/mol. The van der Waals surface area contributed by atoms with Gasteiger partial charge in [0.1, 0.15) is 0 Å². The Hall–Kier alpha value is -1.09. The van der Waals surface area contributed by atoms with Crippen LogP contribution < -0.4 is 10.5 Å². The molecule has 1 aromatic rings. The standard InChI is InChI=1S/C13H18FNO/c1-9(15)10-6-7-12(14)13(8-10)16-11-4-2-3-5-11/h6-9,11H,2-5,15H2,1H3/t9-/m1/s1. The first-order valence-corrected chi connectivity index (χ1v) is 5.88. The molecule has 1 saturated carbocycles. The first-order chi connectivity index (χ1) is 7.66. The van der Waals surface area contributed by atoms with Gasteiger partial charge in [0, 0.05) is 6.04 Å². The molecule has 2 N–H and O–H groups in total. The van der Waals surface area contributed by atoms with Crippen molar-refractivity contribution in [3.05, 3.63) is 29.6 Å². The molecule has 1 fully saturated rings. The van der Waals surface area contributed by atoms with Crippen LogP contribution in [0.5, 0.6) is 5.75 Å². The molecule has 16 heavy (non-hydrogen) atoms. The number of benzene rings is 1. The molecule has 1 atom stereocenters. The summed E-state index contributed by atoms with van der Waals surface area (Å²) in [5, 5.41) is 0. The van der Waals surface area contributed by atoms with Crippen molar-refractivity contribution >= 4 is 0 Å². The third-order valence-electron chi connectivity index (χ3n) is 3.08. The lowest BCUT2D eigenvalue weighted by Gasteiger charge is -2.15. The van der Waals surface area contributed by atoms with Gasteiger partial charge in [-0.15, -0.1) is 0 Å². The van der Waals surface area contributed by atoms with E-state index in [-0.39, 0.29) is 18.0 Å². The van der Waals surface area contributed by atoms with Crippen LogP contribution in [0.2, 0.25) is 0 Å². The molecule has 0 saturated heterocycles. The summed E-state index contributed by atoms with van der Waals surface area (Å²) in [6, 6.07) is 4.77. The van der Waals surface area contributed by atoms with Crippen LogP contribution in [-0.4, -0.2) is 6.10 Å². The maximum absolute atomic E-state index is 13.5. The molecule has 1 aliphatic carbocycles. The fraction of sp³-hybridized carbons (Fsp3) is 0.538. The van der Waals surface area contributed by atoms with Crippen molar-refractivity contribution in [1.82, 2.24) is 0 Å². The fourth-order valence-electron chi connectivity index (χ4n) is 2.08. The third kappa shape index (κ3) is 2.53. The SMILES string of the molecule is C[C@@H](N)c1ccc(F)c(OC2CCCC2)c1. The Kier molecular flexibility index (Phi) is 3.44. The van der Waals surface area contributed by atoms with Crippen LogP contribution in [0.15, 0.2) is 18.2 Å². The molecule has 0 bridgehead atoms. The number of nitrogens with two attached hydrogens (primary N) is 1. The van der Waals surface area contributed by atoms with Gasteiger partial charge in [-0.05, 0) is 50.3 Å². The van der Waals surface area contributed by atoms with E-state index >= 15 is 0 Å². The van der Waals surface area contributed by atoms with Crippen molar-refractivity contribution in [2.24, 2.45) is 5.73 Å². The van der Waals surface area contributed by atoms with Gasteiger partial charge in [-0.2, -0.15) is 0 Å². The summed E-state index contributed by atoms with van der Waals surface area (Å²) in [4.78, 5) is 0. The minimum absolute atomic E-state index is 0.0912. The Balaban J connectivity index is 2.14. The quantitative estimate of drug-likeness (QED) is 0.854. The molecule has 0 spiro atoms. The smallest absolute Gasteiger partial charge is 0.165 e. The molecule has 0 heterocycles. The van der Waals surface area contributed by atoms with Crippen LogP contribution in [0.1, 0.15) is 44.2 Å².